The van der Waals surface area contributed by atoms with Gasteiger partial charge in [-0.3, -0.25) is 4.98 Å². The third-order valence-corrected chi connectivity index (χ3v) is 12.8. The van der Waals surface area contributed by atoms with Crippen molar-refractivity contribution in [2.45, 2.75) is 38.5 Å². The molecule has 0 unspecified atom stereocenters. The normalized spacial score (nSPS) is 14.4. The van der Waals surface area contributed by atoms with Gasteiger partial charge in [0, 0.05) is 39.6 Å². The molecule has 0 amide bonds. The molecule has 0 bridgehead atoms. The van der Waals surface area contributed by atoms with E-state index in [1.807, 2.05) is 18.5 Å². The SMILES string of the molecule is CC1(C)c2ccccc2-c2ccc(-c3cc(-c4ccc5c(c4)C(C)(C)c4ccccc4-5)c4cc(-c5ccc(-c6cccnc6)cc5)c5ccccc5c4n3)cc21. The van der Waals surface area contributed by atoms with Gasteiger partial charge in [0.15, 0.2) is 0 Å². The van der Waals surface area contributed by atoms with E-state index in [0.717, 1.165) is 38.7 Å². The summed E-state index contributed by atoms with van der Waals surface area (Å²) >= 11 is 0. The van der Waals surface area contributed by atoms with E-state index < -0.39 is 0 Å². The molecule has 266 valence electrons. The van der Waals surface area contributed by atoms with E-state index in [2.05, 4.69) is 184 Å². The number of aromatic nitrogens is 2. The number of benzene rings is 7. The molecule has 7 aromatic carbocycles. The lowest BCUT2D eigenvalue weighted by Gasteiger charge is -2.23. The minimum absolute atomic E-state index is 0.101. The van der Waals surface area contributed by atoms with Crippen LogP contribution in [0.4, 0.5) is 0 Å². The lowest BCUT2D eigenvalue weighted by atomic mass is 9.81. The van der Waals surface area contributed by atoms with Gasteiger partial charge in [0.25, 0.3) is 0 Å². The van der Waals surface area contributed by atoms with Gasteiger partial charge >= 0.3 is 0 Å². The smallest absolute Gasteiger partial charge is 0.0794 e. The Bertz CT molecular complexity index is 3060. The molecule has 0 fully saturated rings. The van der Waals surface area contributed by atoms with Crippen molar-refractivity contribution in [1.29, 1.82) is 0 Å². The van der Waals surface area contributed by atoms with Gasteiger partial charge in [-0.1, -0.05) is 155 Å². The van der Waals surface area contributed by atoms with E-state index in [9.17, 15) is 0 Å². The molecule has 0 atom stereocenters. The number of hydrogen-bond acceptors (Lipinski definition) is 2. The predicted octanol–water partition coefficient (Wildman–Crippen LogP) is 14.1. The second-order valence-electron chi connectivity index (χ2n) is 16.6. The molecule has 0 N–H and O–H groups in total. The summed E-state index contributed by atoms with van der Waals surface area (Å²) in [4.78, 5) is 9.95. The average molecular weight is 717 g/mol. The standard InChI is InChI=1S/C54H40N2/c1-53(2)47-17-9-7-14-39(47)41-25-23-35(28-49(41)53)45-31-51(36-24-26-42-40-15-8-10-18-48(40)54(3,4)50(42)29-36)56-52-43-16-6-5-13-38(43)44(30-46(45)52)34-21-19-33(20-22-34)37-12-11-27-55-32-37/h5-32H,1-4H3. The van der Waals surface area contributed by atoms with Crippen molar-refractivity contribution in [2.24, 2.45) is 0 Å². The average Bonchev–Trinajstić information content (AvgIpc) is 3.62. The Labute approximate surface area is 328 Å². The third-order valence-electron chi connectivity index (χ3n) is 12.8. The number of pyridine rings is 2. The van der Waals surface area contributed by atoms with Crippen molar-refractivity contribution < 1.29 is 0 Å². The summed E-state index contributed by atoms with van der Waals surface area (Å²) in [5.41, 5.74) is 20.8. The zero-order chi connectivity index (χ0) is 37.8. The Morgan fingerprint density at radius 3 is 1.55 bits per heavy atom. The summed E-state index contributed by atoms with van der Waals surface area (Å²) in [6.07, 6.45) is 3.74. The fourth-order valence-corrected chi connectivity index (χ4v) is 9.79. The van der Waals surface area contributed by atoms with Crippen LogP contribution in [0.3, 0.4) is 0 Å². The molecule has 11 rings (SSSR count). The minimum atomic E-state index is -0.109. The second kappa shape index (κ2) is 11.9. The van der Waals surface area contributed by atoms with Gasteiger partial charge in [0.2, 0.25) is 0 Å². The van der Waals surface area contributed by atoms with Crippen LogP contribution in [-0.2, 0) is 10.8 Å². The number of nitrogens with zero attached hydrogens (tertiary/aromatic N) is 2. The Morgan fingerprint density at radius 2 is 0.893 bits per heavy atom. The fourth-order valence-electron chi connectivity index (χ4n) is 9.79. The first-order chi connectivity index (χ1) is 27.3. The third kappa shape index (κ3) is 4.75. The van der Waals surface area contributed by atoms with Crippen LogP contribution in [0, 0.1) is 0 Å². The molecule has 0 saturated heterocycles. The van der Waals surface area contributed by atoms with Crippen molar-refractivity contribution in [3.05, 3.63) is 192 Å². The molecule has 2 nitrogen and oxygen atoms in total. The monoisotopic (exact) mass is 716 g/mol. The summed E-state index contributed by atoms with van der Waals surface area (Å²) < 4.78 is 0. The van der Waals surface area contributed by atoms with Gasteiger partial charge in [-0.25, -0.2) is 4.98 Å². The largest absolute Gasteiger partial charge is 0.264 e. The molecule has 2 heteroatoms. The van der Waals surface area contributed by atoms with Gasteiger partial charge in [-0.2, -0.15) is 0 Å². The molecular formula is C54H40N2. The van der Waals surface area contributed by atoms with Gasteiger partial charge in [0.05, 0.1) is 11.2 Å². The van der Waals surface area contributed by atoms with Gasteiger partial charge in [-0.05, 0) is 114 Å². The fraction of sp³-hybridized carbons (Fsp3) is 0.111. The van der Waals surface area contributed by atoms with Crippen LogP contribution in [-0.4, -0.2) is 9.97 Å². The van der Waals surface area contributed by atoms with E-state index >= 15 is 0 Å². The van der Waals surface area contributed by atoms with E-state index in [4.69, 9.17) is 4.98 Å². The summed E-state index contributed by atoms with van der Waals surface area (Å²) in [7, 11) is 0. The maximum absolute atomic E-state index is 5.60. The zero-order valence-electron chi connectivity index (χ0n) is 32.1. The molecule has 56 heavy (non-hydrogen) atoms. The Kier molecular flexibility index (Phi) is 6.98. The van der Waals surface area contributed by atoms with E-state index in [1.165, 1.54) is 72.1 Å². The molecule has 0 spiro atoms. The summed E-state index contributed by atoms with van der Waals surface area (Å²) in [6.45, 7) is 9.43. The Hall–Kier alpha value is -6.64. The first kappa shape index (κ1) is 32.8. The highest BCUT2D eigenvalue weighted by Crippen LogP contribution is 2.52. The van der Waals surface area contributed by atoms with Crippen LogP contribution in [0.5, 0.6) is 0 Å². The van der Waals surface area contributed by atoms with Crippen LogP contribution in [0.1, 0.15) is 49.9 Å². The minimum Gasteiger partial charge on any atom is -0.264 e. The van der Waals surface area contributed by atoms with Crippen LogP contribution in [0.2, 0.25) is 0 Å². The first-order valence-electron chi connectivity index (χ1n) is 19.6. The molecule has 0 aliphatic heterocycles. The van der Waals surface area contributed by atoms with Crippen molar-refractivity contribution >= 4 is 21.7 Å². The highest BCUT2D eigenvalue weighted by Gasteiger charge is 2.37. The summed E-state index contributed by atoms with van der Waals surface area (Å²) in [5, 5.41) is 3.50. The highest BCUT2D eigenvalue weighted by atomic mass is 14.7. The Morgan fingerprint density at radius 1 is 0.357 bits per heavy atom. The van der Waals surface area contributed by atoms with Crippen LogP contribution < -0.4 is 0 Å². The molecule has 2 aromatic heterocycles. The quantitative estimate of drug-likeness (QED) is 0.170. The van der Waals surface area contributed by atoms with Gasteiger partial charge in [-0.15, -0.1) is 0 Å². The van der Waals surface area contributed by atoms with Crippen LogP contribution in [0.15, 0.2) is 170 Å². The van der Waals surface area contributed by atoms with Crippen molar-refractivity contribution in [3.8, 4) is 66.9 Å². The number of fused-ring (bicyclic) bond motifs is 9. The first-order valence-corrected chi connectivity index (χ1v) is 19.6. The van der Waals surface area contributed by atoms with Crippen molar-refractivity contribution in [3.63, 3.8) is 0 Å². The topological polar surface area (TPSA) is 25.8 Å². The zero-order valence-corrected chi connectivity index (χ0v) is 32.1. The van der Waals surface area contributed by atoms with Crippen LogP contribution in [0.25, 0.3) is 88.6 Å². The maximum atomic E-state index is 5.60. The van der Waals surface area contributed by atoms with Gasteiger partial charge in [0.1, 0.15) is 0 Å². The summed E-state index contributed by atoms with van der Waals surface area (Å²) in [6, 6.07) is 58.4. The molecule has 0 saturated carbocycles. The molecule has 2 aliphatic rings. The second-order valence-corrected chi connectivity index (χ2v) is 16.6. The van der Waals surface area contributed by atoms with Gasteiger partial charge < -0.3 is 0 Å². The molecule has 2 aliphatic carbocycles. The molecular weight excluding hydrogens is 677 g/mol. The van der Waals surface area contributed by atoms with E-state index in [0.29, 0.717) is 0 Å². The van der Waals surface area contributed by atoms with Crippen LogP contribution >= 0.6 is 0 Å². The summed E-state index contributed by atoms with van der Waals surface area (Å²) in [5.74, 6) is 0. The highest BCUT2D eigenvalue weighted by molar-refractivity contribution is 6.16. The van der Waals surface area contributed by atoms with Crippen molar-refractivity contribution in [1.82, 2.24) is 9.97 Å². The number of hydrogen-bond donors (Lipinski definition) is 0. The molecule has 9 aromatic rings. The lowest BCUT2D eigenvalue weighted by molar-refractivity contribution is 0.660. The lowest BCUT2D eigenvalue weighted by Crippen LogP contribution is -2.15. The van der Waals surface area contributed by atoms with E-state index in [1.54, 1.807) is 0 Å². The number of rotatable bonds is 4. The molecule has 2 heterocycles. The Balaban J connectivity index is 1.16. The maximum Gasteiger partial charge on any atom is 0.0794 e. The predicted molar refractivity (Wildman–Crippen MR) is 234 cm³/mol. The van der Waals surface area contributed by atoms with E-state index in [-0.39, 0.29) is 10.8 Å². The molecule has 0 radical (unpaired) electrons. The van der Waals surface area contributed by atoms with Crippen molar-refractivity contribution in [2.75, 3.05) is 0 Å².